The smallest absolute Gasteiger partial charge is 0.361 e. The number of aryl methyl sites for hydroxylation is 1. The second kappa shape index (κ2) is 7.50. The largest absolute Gasteiger partial charge is 0.420 e. The highest BCUT2D eigenvalue weighted by Crippen LogP contribution is 2.37. The summed E-state index contributed by atoms with van der Waals surface area (Å²) in [6.45, 7) is 5.04. The maximum absolute atomic E-state index is 14.4. The molecule has 0 aliphatic heterocycles. The molecule has 0 aliphatic rings. The van der Waals surface area contributed by atoms with Gasteiger partial charge >= 0.3 is 6.18 Å². The van der Waals surface area contributed by atoms with Crippen molar-refractivity contribution in [3.63, 3.8) is 0 Å². The van der Waals surface area contributed by atoms with Gasteiger partial charge in [0.15, 0.2) is 5.82 Å². The van der Waals surface area contributed by atoms with E-state index in [-0.39, 0.29) is 0 Å². The summed E-state index contributed by atoms with van der Waals surface area (Å²) in [7, 11) is 1.65. The molecule has 2 aromatic carbocycles. The molecule has 28 heavy (non-hydrogen) atoms. The van der Waals surface area contributed by atoms with Gasteiger partial charge in [-0.25, -0.2) is 4.39 Å². The maximum Gasteiger partial charge on any atom is 0.420 e. The Morgan fingerprint density at radius 2 is 1.68 bits per heavy atom. The van der Waals surface area contributed by atoms with Crippen molar-refractivity contribution in [1.82, 2.24) is 0 Å². The van der Waals surface area contributed by atoms with Gasteiger partial charge in [0.2, 0.25) is 5.91 Å². The zero-order valence-electron chi connectivity index (χ0n) is 15.8. The summed E-state index contributed by atoms with van der Waals surface area (Å²) in [6.07, 6.45) is -5.07. The average molecular weight is 393 g/mol. The van der Waals surface area contributed by atoms with Crippen molar-refractivity contribution in [2.45, 2.75) is 32.5 Å². The Hall–Kier alpha value is -3.08. The van der Waals surface area contributed by atoms with Gasteiger partial charge in [-0.15, -0.1) is 0 Å². The van der Waals surface area contributed by atoms with E-state index in [0.717, 1.165) is 17.7 Å². The normalized spacial score (nSPS) is 11.7. The number of nitrogens with one attached hydrogen (secondary N) is 1. The molecular formula is C20H19F4N3O. The molecule has 0 unspecified atom stereocenters. The first-order chi connectivity index (χ1) is 12.9. The minimum Gasteiger partial charge on any atom is -0.361 e. The van der Waals surface area contributed by atoms with Crippen LogP contribution in [0.4, 0.5) is 28.9 Å². The highest BCUT2D eigenvalue weighted by Gasteiger charge is 2.39. The number of nitrogens with zero attached hydrogens (tertiary/aromatic N) is 2. The quantitative estimate of drug-likeness (QED) is 0.754. The van der Waals surface area contributed by atoms with Crippen LogP contribution >= 0.6 is 0 Å². The van der Waals surface area contributed by atoms with Crippen LogP contribution in [0.5, 0.6) is 0 Å². The molecule has 0 heterocycles. The Bertz CT molecular complexity index is 928. The number of nitriles is 1. The molecule has 1 N–H and O–H groups in total. The number of alkyl halides is 3. The summed E-state index contributed by atoms with van der Waals surface area (Å²) < 4.78 is 53.8. The second-order valence-electron chi connectivity index (χ2n) is 6.87. The van der Waals surface area contributed by atoms with E-state index in [4.69, 9.17) is 5.26 Å². The molecule has 1 amide bonds. The van der Waals surface area contributed by atoms with E-state index in [0.29, 0.717) is 5.69 Å². The number of carbonyl (C=O) groups is 1. The van der Waals surface area contributed by atoms with Crippen molar-refractivity contribution in [3.05, 3.63) is 58.9 Å². The fourth-order valence-corrected chi connectivity index (χ4v) is 2.56. The summed E-state index contributed by atoms with van der Waals surface area (Å²) in [5.41, 5.74) is -2.65. The molecule has 0 fully saturated rings. The first-order valence-corrected chi connectivity index (χ1v) is 8.31. The third-order valence-corrected chi connectivity index (χ3v) is 4.61. The van der Waals surface area contributed by atoms with Crippen LogP contribution in [0.2, 0.25) is 0 Å². The van der Waals surface area contributed by atoms with Gasteiger partial charge < -0.3 is 10.2 Å². The van der Waals surface area contributed by atoms with Gasteiger partial charge in [-0.05, 0) is 45.0 Å². The number of hydrogen-bond donors (Lipinski definition) is 1. The minimum atomic E-state index is -5.07. The molecule has 8 heteroatoms. The van der Waals surface area contributed by atoms with Crippen molar-refractivity contribution in [3.8, 4) is 6.07 Å². The van der Waals surface area contributed by atoms with Crippen LogP contribution in [0.15, 0.2) is 36.4 Å². The van der Waals surface area contributed by atoms with Crippen molar-refractivity contribution < 1.29 is 22.4 Å². The lowest BCUT2D eigenvalue weighted by molar-refractivity contribution is -0.140. The van der Waals surface area contributed by atoms with Gasteiger partial charge in [-0.3, -0.25) is 4.79 Å². The zero-order valence-corrected chi connectivity index (χ0v) is 15.8. The molecule has 0 bridgehead atoms. The van der Waals surface area contributed by atoms with Crippen molar-refractivity contribution in [2.75, 3.05) is 17.3 Å². The Labute approximate surface area is 160 Å². The SMILES string of the molecule is Cc1ccc(N(C)C(C)(C)C(=O)Nc2ccc(C#N)c(C(F)(F)F)c2F)cc1. The van der Waals surface area contributed by atoms with Crippen LogP contribution in [0.3, 0.4) is 0 Å². The van der Waals surface area contributed by atoms with Gasteiger partial charge in [-0.2, -0.15) is 18.4 Å². The lowest BCUT2D eigenvalue weighted by Crippen LogP contribution is -2.51. The van der Waals surface area contributed by atoms with Crippen molar-refractivity contribution >= 4 is 17.3 Å². The van der Waals surface area contributed by atoms with Crippen LogP contribution in [0.1, 0.15) is 30.5 Å². The molecule has 2 rings (SSSR count). The topological polar surface area (TPSA) is 56.1 Å². The van der Waals surface area contributed by atoms with E-state index in [9.17, 15) is 22.4 Å². The Balaban J connectivity index is 2.36. The average Bonchev–Trinajstić information content (AvgIpc) is 2.61. The number of amides is 1. The fourth-order valence-electron chi connectivity index (χ4n) is 2.56. The van der Waals surface area contributed by atoms with Crippen LogP contribution in [-0.4, -0.2) is 18.5 Å². The highest BCUT2D eigenvalue weighted by molar-refractivity contribution is 6.00. The summed E-state index contributed by atoms with van der Waals surface area (Å²) in [6, 6.07) is 10.4. The Morgan fingerprint density at radius 1 is 1.11 bits per heavy atom. The standard InChI is InChI=1S/C20H19F4N3O/c1-12-5-8-14(9-6-12)27(4)19(2,3)18(28)26-15-10-7-13(11-25)16(17(15)21)20(22,23)24/h5-10H,1-4H3,(H,26,28). The monoisotopic (exact) mass is 393 g/mol. The molecule has 148 valence electrons. The van der Waals surface area contributed by atoms with Gasteiger partial charge in [0.25, 0.3) is 0 Å². The van der Waals surface area contributed by atoms with Gasteiger partial charge in [0.1, 0.15) is 11.1 Å². The fraction of sp³-hybridized carbons (Fsp3) is 0.300. The summed E-state index contributed by atoms with van der Waals surface area (Å²) in [5, 5.41) is 11.0. The number of anilines is 2. The number of hydrogen-bond acceptors (Lipinski definition) is 3. The van der Waals surface area contributed by atoms with E-state index >= 15 is 0 Å². The number of carbonyl (C=O) groups excluding carboxylic acids is 1. The van der Waals surface area contributed by atoms with E-state index in [1.54, 1.807) is 37.9 Å². The van der Waals surface area contributed by atoms with Crippen LogP contribution < -0.4 is 10.2 Å². The predicted molar refractivity (Wildman–Crippen MR) is 98.4 cm³/mol. The summed E-state index contributed by atoms with van der Waals surface area (Å²) in [5.74, 6) is -2.39. The first kappa shape index (κ1) is 21.2. The number of likely N-dealkylation sites (N-methyl/N-ethyl adjacent to an activating group) is 1. The molecule has 0 atom stereocenters. The van der Waals surface area contributed by atoms with E-state index in [1.807, 2.05) is 19.1 Å². The van der Waals surface area contributed by atoms with Crippen LogP contribution in [0.25, 0.3) is 0 Å². The molecule has 2 aromatic rings. The van der Waals surface area contributed by atoms with Gasteiger partial charge in [0, 0.05) is 12.7 Å². The number of rotatable bonds is 4. The molecule has 0 spiro atoms. The minimum absolute atomic E-state index is 0.637. The predicted octanol–water partition coefficient (Wildman–Crippen LogP) is 4.88. The van der Waals surface area contributed by atoms with E-state index in [1.165, 1.54) is 6.07 Å². The molecule has 0 saturated heterocycles. The van der Waals surface area contributed by atoms with Crippen molar-refractivity contribution in [2.24, 2.45) is 0 Å². The number of benzene rings is 2. The summed E-state index contributed by atoms with van der Waals surface area (Å²) in [4.78, 5) is 14.4. The molecule has 0 aromatic heterocycles. The van der Waals surface area contributed by atoms with E-state index in [2.05, 4.69) is 5.32 Å². The van der Waals surface area contributed by atoms with E-state index < -0.39 is 40.3 Å². The molecule has 0 radical (unpaired) electrons. The highest BCUT2D eigenvalue weighted by atomic mass is 19.4. The first-order valence-electron chi connectivity index (χ1n) is 8.31. The third-order valence-electron chi connectivity index (χ3n) is 4.61. The van der Waals surface area contributed by atoms with Gasteiger partial charge in [-0.1, -0.05) is 17.7 Å². The molecule has 0 aliphatic carbocycles. The van der Waals surface area contributed by atoms with Crippen LogP contribution in [-0.2, 0) is 11.0 Å². The Kier molecular flexibility index (Phi) is 5.69. The van der Waals surface area contributed by atoms with Crippen molar-refractivity contribution in [1.29, 1.82) is 5.26 Å². The van der Waals surface area contributed by atoms with Crippen LogP contribution in [0, 0.1) is 24.1 Å². The summed E-state index contributed by atoms with van der Waals surface area (Å²) >= 11 is 0. The lowest BCUT2D eigenvalue weighted by Gasteiger charge is -2.36. The van der Waals surface area contributed by atoms with Gasteiger partial charge in [0.05, 0.1) is 17.3 Å². The molecular weight excluding hydrogens is 374 g/mol. The molecule has 0 saturated carbocycles. The molecule has 4 nitrogen and oxygen atoms in total. The zero-order chi connectivity index (χ0) is 21.3. The maximum atomic E-state index is 14.4. The third kappa shape index (κ3) is 4.09. The second-order valence-corrected chi connectivity index (χ2v) is 6.87. The Morgan fingerprint density at radius 3 is 2.18 bits per heavy atom. The lowest BCUT2D eigenvalue weighted by atomic mass is 10.00. The number of halogens is 4.